The maximum absolute atomic E-state index is 11.0. The topological polar surface area (TPSA) is 62.4 Å². The predicted octanol–water partition coefficient (Wildman–Crippen LogP) is 2.11. The van der Waals surface area contributed by atoms with E-state index in [2.05, 4.69) is 9.88 Å². The molecular weight excluding hydrogens is 238 g/mol. The van der Waals surface area contributed by atoms with Crippen molar-refractivity contribution >= 4 is 5.82 Å². The molecule has 0 spiro atoms. The van der Waals surface area contributed by atoms with Crippen LogP contribution in [0.3, 0.4) is 0 Å². The van der Waals surface area contributed by atoms with E-state index in [0.29, 0.717) is 5.82 Å². The Kier molecular flexibility index (Phi) is 3.46. The third kappa shape index (κ3) is 2.13. The number of nitrogens with zero attached hydrogens (tertiary/aromatic N) is 2. The van der Waals surface area contributed by atoms with Crippen molar-refractivity contribution in [2.45, 2.75) is 50.2 Å². The van der Waals surface area contributed by atoms with Crippen LogP contribution in [0.1, 0.15) is 50.2 Å². The Bertz CT molecular complexity index is 437. The molecule has 3 rings (SSSR count). The van der Waals surface area contributed by atoms with E-state index >= 15 is 0 Å². The molecule has 104 valence electrons. The average Bonchev–Trinajstić information content (AvgIpc) is 3.10. The van der Waals surface area contributed by atoms with Crippen LogP contribution in [0.15, 0.2) is 18.3 Å². The molecule has 0 amide bonds. The molecule has 1 saturated carbocycles. The summed E-state index contributed by atoms with van der Waals surface area (Å²) in [6.07, 6.45) is 8.21. The Hall–Kier alpha value is -1.13. The summed E-state index contributed by atoms with van der Waals surface area (Å²) in [4.78, 5) is 6.63. The van der Waals surface area contributed by atoms with Crippen molar-refractivity contribution in [2.24, 2.45) is 0 Å². The third-order valence-electron chi connectivity index (χ3n) is 4.88. The molecule has 0 aromatic carbocycles. The number of anilines is 1. The lowest BCUT2D eigenvalue weighted by Crippen LogP contribution is -2.49. The molecule has 0 radical (unpaired) electrons. The molecule has 2 aliphatic rings. The van der Waals surface area contributed by atoms with Gasteiger partial charge in [0.2, 0.25) is 0 Å². The van der Waals surface area contributed by atoms with Gasteiger partial charge in [0, 0.05) is 11.8 Å². The van der Waals surface area contributed by atoms with Crippen molar-refractivity contribution in [2.75, 3.05) is 18.8 Å². The van der Waals surface area contributed by atoms with Crippen LogP contribution in [0.2, 0.25) is 0 Å². The minimum atomic E-state index is -0.512. The smallest absolute Gasteiger partial charge is 0.129 e. The van der Waals surface area contributed by atoms with E-state index in [-0.39, 0.29) is 5.54 Å². The number of hydrogen-bond acceptors (Lipinski definition) is 4. The fourth-order valence-corrected chi connectivity index (χ4v) is 3.86. The lowest BCUT2D eigenvalue weighted by molar-refractivity contribution is -0.0193. The number of aromatic nitrogens is 1. The first-order valence-corrected chi connectivity index (χ1v) is 7.37. The van der Waals surface area contributed by atoms with Crippen LogP contribution < -0.4 is 5.73 Å². The quantitative estimate of drug-likeness (QED) is 0.874. The lowest BCUT2D eigenvalue weighted by atomic mass is 9.84. The zero-order valence-electron chi connectivity index (χ0n) is 11.4. The highest BCUT2D eigenvalue weighted by Crippen LogP contribution is 2.46. The Morgan fingerprint density at radius 1 is 1.21 bits per heavy atom. The Labute approximate surface area is 114 Å². The normalized spacial score (nSPS) is 24.7. The molecule has 1 atom stereocenters. The Morgan fingerprint density at radius 2 is 1.89 bits per heavy atom. The molecular formula is C15H23N3O. The first-order chi connectivity index (χ1) is 9.24. The van der Waals surface area contributed by atoms with Crippen LogP contribution in [-0.4, -0.2) is 33.6 Å². The Balaban J connectivity index is 1.94. The van der Waals surface area contributed by atoms with Crippen LogP contribution in [0.5, 0.6) is 0 Å². The van der Waals surface area contributed by atoms with Gasteiger partial charge in [-0.15, -0.1) is 0 Å². The van der Waals surface area contributed by atoms with Gasteiger partial charge in [0.15, 0.2) is 0 Å². The van der Waals surface area contributed by atoms with Crippen molar-refractivity contribution in [3.8, 4) is 0 Å². The van der Waals surface area contributed by atoms with Crippen LogP contribution in [0.25, 0.3) is 0 Å². The van der Waals surface area contributed by atoms with E-state index in [1.165, 1.54) is 25.7 Å². The molecule has 19 heavy (non-hydrogen) atoms. The van der Waals surface area contributed by atoms with E-state index in [1.54, 1.807) is 6.20 Å². The van der Waals surface area contributed by atoms with Gasteiger partial charge < -0.3 is 10.8 Å². The number of likely N-dealkylation sites (tertiary alicyclic amines) is 1. The van der Waals surface area contributed by atoms with Gasteiger partial charge in [0.05, 0.1) is 5.54 Å². The van der Waals surface area contributed by atoms with Crippen molar-refractivity contribution in [1.82, 2.24) is 9.88 Å². The number of nitrogen functional groups attached to an aromatic ring is 1. The SMILES string of the molecule is Nc1ncccc1C(O)C1(N2CCCC2)CCCC1. The van der Waals surface area contributed by atoms with Crippen molar-refractivity contribution < 1.29 is 5.11 Å². The maximum atomic E-state index is 11.0. The van der Waals surface area contributed by atoms with Crippen molar-refractivity contribution in [1.29, 1.82) is 0 Å². The van der Waals surface area contributed by atoms with E-state index in [1.807, 2.05) is 12.1 Å². The van der Waals surface area contributed by atoms with Gasteiger partial charge in [0.1, 0.15) is 11.9 Å². The molecule has 2 fully saturated rings. The summed E-state index contributed by atoms with van der Waals surface area (Å²) >= 11 is 0. The fraction of sp³-hybridized carbons (Fsp3) is 0.667. The van der Waals surface area contributed by atoms with Crippen LogP contribution in [0.4, 0.5) is 5.82 Å². The van der Waals surface area contributed by atoms with Crippen LogP contribution >= 0.6 is 0 Å². The van der Waals surface area contributed by atoms with Crippen molar-refractivity contribution in [3.05, 3.63) is 23.9 Å². The van der Waals surface area contributed by atoms with Gasteiger partial charge in [-0.05, 0) is 44.8 Å². The molecule has 1 aliphatic heterocycles. The molecule has 4 heteroatoms. The minimum Gasteiger partial charge on any atom is -0.386 e. The summed E-state index contributed by atoms with van der Waals surface area (Å²) in [6, 6.07) is 3.78. The summed E-state index contributed by atoms with van der Waals surface area (Å²) in [5, 5.41) is 11.0. The van der Waals surface area contributed by atoms with E-state index in [0.717, 1.165) is 31.5 Å². The van der Waals surface area contributed by atoms with Gasteiger partial charge in [-0.25, -0.2) is 4.98 Å². The molecule has 0 bridgehead atoms. The number of pyridine rings is 1. The lowest BCUT2D eigenvalue weighted by Gasteiger charge is -2.43. The van der Waals surface area contributed by atoms with Crippen LogP contribution in [-0.2, 0) is 0 Å². The zero-order chi connectivity index (χ0) is 13.3. The molecule has 1 aromatic heterocycles. The molecule has 1 aliphatic carbocycles. The fourth-order valence-electron chi connectivity index (χ4n) is 3.86. The first kappa shape index (κ1) is 12.9. The second kappa shape index (κ2) is 5.10. The van der Waals surface area contributed by atoms with E-state index in [9.17, 15) is 5.11 Å². The summed E-state index contributed by atoms with van der Waals surface area (Å²) in [5.74, 6) is 0.473. The van der Waals surface area contributed by atoms with Crippen molar-refractivity contribution in [3.63, 3.8) is 0 Å². The molecule has 1 aromatic rings. The largest absolute Gasteiger partial charge is 0.386 e. The predicted molar refractivity (Wildman–Crippen MR) is 75.6 cm³/mol. The van der Waals surface area contributed by atoms with Gasteiger partial charge in [-0.1, -0.05) is 18.9 Å². The number of aliphatic hydroxyl groups excluding tert-OH is 1. The highest BCUT2D eigenvalue weighted by Gasteiger charge is 2.47. The standard InChI is InChI=1S/C15H23N3O/c16-14-12(6-5-9-17-14)13(19)15(7-1-2-8-15)18-10-3-4-11-18/h5-6,9,13,19H,1-4,7-8,10-11H2,(H2,16,17). The van der Waals surface area contributed by atoms with Crippen LogP contribution in [0, 0.1) is 0 Å². The van der Waals surface area contributed by atoms with Gasteiger partial charge in [-0.2, -0.15) is 0 Å². The molecule has 2 heterocycles. The summed E-state index contributed by atoms with van der Waals surface area (Å²) in [5.41, 5.74) is 6.66. The van der Waals surface area contributed by atoms with Gasteiger partial charge >= 0.3 is 0 Å². The molecule has 1 unspecified atom stereocenters. The molecule has 3 N–H and O–H groups in total. The number of hydrogen-bond donors (Lipinski definition) is 2. The number of aliphatic hydroxyl groups is 1. The second-order valence-corrected chi connectivity index (χ2v) is 5.89. The summed E-state index contributed by atoms with van der Waals surface area (Å²) in [7, 11) is 0. The monoisotopic (exact) mass is 261 g/mol. The zero-order valence-corrected chi connectivity index (χ0v) is 11.4. The third-order valence-corrected chi connectivity index (χ3v) is 4.88. The first-order valence-electron chi connectivity index (χ1n) is 7.37. The average molecular weight is 261 g/mol. The Morgan fingerprint density at radius 3 is 2.53 bits per heavy atom. The summed E-state index contributed by atoms with van der Waals surface area (Å²) in [6.45, 7) is 2.22. The highest BCUT2D eigenvalue weighted by atomic mass is 16.3. The maximum Gasteiger partial charge on any atom is 0.129 e. The van der Waals surface area contributed by atoms with Gasteiger partial charge in [-0.3, -0.25) is 4.90 Å². The van der Waals surface area contributed by atoms with Gasteiger partial charge in [0.25, 0.3) is 0 Å². The van der Waals surface area contributed by atoms with E-state index in [4.69, 9.17) is 5.73 Å². The minimum absolute atomic E-state index is 0.104. The molecule has 1 saturated heterocycles. The van der Waals surface area contributed by atoms with E-state index < -0.39 is 6.10 Å². The molecule has 4 nitrogen and oxygen atoms in total. The number of rotatable bonds is 3. The second-order valence-electron chi connectivity index (χ2n) is 5.89. The number of nitrogens with two attached hydrogens (primary N) is 1. The summed E-state index contributed by atoms with van der Waals surface area (Å²) < 4.78 is 0. The highest BCUT2D eigenvalue weighted by molar-refractivity contribution is 5.42.